The number of ether oxygens (including phenoxy) is 1. The number of aromatic nitrogens is 1. The van der Waals surface area contributed by atoms with Gasteiger partial charge in [-0.1, -0.05) is 37.4 Å². The Morgan fingerprint density at radius 2 is 2.04 bits per heavy atom. The van der Waals surface area contributed by atoms with Gasteiger partial charge in [-0.2, -0.15) is 5.26 Å². The standard InChI is InChI=1S/C19H25N3O4S/c1-12-9-16(23)22-19(15(12)10-20)27-11-17(24)26-13(2)18(25)21-14-7-5-3-4-6-8-14/h9,13-14H,3-8,11H2,1-2H3,(H,21,25)(H,22,23)/t13-/m0/s1. The van der Waals surface area contributed by atoms with Gasteiger partial charge in [-0.05, 0) is 32.3 Å². The lowest BCUT2D eigenvalue weighted by atomic mass is 10.1. The van der Waals surface area contributed by atoms with Crippen molar-refractivity contribution in [1.82, 2.24) is 10.3 Å². The van der Waals surface area contributed by atoms with Gasteiger partial charge in [0, 0.05) is 12.1 Å². The molecule has 7 nitrogen and oxygen atoms in total. The van der Waals surface area contributed by atoms with Gasteiger partial charge in [-0.3, -0.25) is 14.4 Å². The lowest BCUT2D eigenvalue weighted by Gasteiger charge is -2.19. The average Bonchev–Trinajstić information content (AvgIpc) is 2.88. The molecule has 0 aromatic carbocycles. The number of nitrogens with zero attached hydrogens (tertiary/aromatic N) is 1. The lowest BCUT2D eigenvalue weighted by molar-refractivity contribution is -0.152. The molecule has 1 heterocycles. The summed E-state index contributed by atoms with van der Waals surface area (Å²) in [4.78, 5) is 38.4. The fraction of sp³-hybridized carbons (Fsp3) is 0.579. The molecule has 1 saturated carbocycles. The van der Waals surface area contributed by atoms with E-state index in [2.05, 4.69) is 10.3 Å². The molecule has 27 heavy (non-hydrogen) atoms. The number of thioether (sulfide) groups is 1. The fourth-order valence-corrected chi connectivity index (χ4v) is 3.92. The number of hydrogen-bond donors (Lipinski definition) is 2. The van der Waals surface area contributed by atoms with Crippen LogP contribution in [0.1, 0.15) is 56.6 Å². The number of carbonyl (C=O) groups is 2. The van der Waals surface area contributed by atoms with E-state index in [-0.39, 0.29) is 23.3 Å². The number of rotatable bonds is 6. The minimum atomic E-state index is -0.881. The Bertz CT molecular complexity index is 776. The lowest BCUT2D eigenvalue weighted by Crippen LogP contribution is -2.42. The van der Waals surface area contributed by atoms with Crippen LogP contribution in [0.5, 0.6) is 0 Å². The van der Waals surface area contributed by atoms with Gasteiger partial charge in [0.2, 0.25) is 5.56 Å². The first-order chi connectivity index (χ1) is 12.9. The van der Waals surface area contributed by atoms with Crippen LogP contribution in [0.15, 0.2) is 15.9 Å². The number of esters is 1. The third-order valence-corrected chi connectivity index (χ3v) is 5.51. The van der Waals surface area contributed by atoms with Gasteiger partial charge in [0.15, 0.2) is 6.10 Å². The van der Waals surface area contributed by atoms with E-state index in [0.29, 0.717) is 16.2 Å². The fourth-order valence-electron chi connectivity index (χ4n) is 3.06. The van der Waals surface area contributed by atoms with Crippen LogP contribution < -0.4 is 10.9 Å². The number of aromatic amines is 1. The summed E-state index contributed by atoms with van der Waals surface area (Å²) < 4.78 is 5.19. The predicted molar refractivity (Wildman–Crippen MR) is 102 cm³/mol. The second-order valence-electron chi connectivity index (χ2n) is 6.75. The monoisotopic (exact) mass is 391 g/mol. The number of pyridine rings is 1. The summed E-state index contributed by atoms with van der Waals surface area (Å²) in [7, 11) is 0. The van der Waals surface area contributed by atoms with Crippen LogP contribution in [0.3, 0.4) is 0 Å². The second kappa shape index (κ2) is 10.2. The number of carbonyl (C=O) groups excluding carboxylic acids is 2. The summed E-state index contributed by atoms with van der Waals surface area (Å²) in [6.07, 6.45) is 5.63. The molecule has 1 amide bonds. The number of nitrogens with one attached hydrogen (secondary N) is 2. The first-order valence-electron chi connectivity index (χ1n) is 9.17. The zero-order chi connectivity index (χ0) is 19.8. The maximum atomic E-state index is 12.2. The van der Waals surface area contributed by atoms with Gasteiger partial charge in [0.25, 0.3) is 5.91 Å². The third kappa shape index (κ3) is 6.43. The highest BCUT2D eigenvalue weighted by Crippen LogP contribution is 2.21. The summed E-state index contributed by atoms with van der Waals surface area (Å²) in [6, 6.07) is 3.50. The van der Waals surface area contributed by atoms with E-state index in [9.17, 15) is 19.6 Å². The van der Waals surface area contributed by atoms with Crippen molar-refractivity contribution >= 4 is 23.6 Å². The number of H-pyrrole nitrogens is 1. The number of hydrogen-bond acceptors (Lipinski definition) is 6. The van der Waals surface area contributed by atoms with Crippen molar-refractivity contribution in [2.45, 2.75) is 69.5 Å². The molecule has 8 heteroatoms. The maximum Gasteiger partial charge on any atom is 0.317 e. The zero-order valence-corrected chi connectivity index (χ0v) is 16.5. The summed E-state index contributed by atoms with van der Waals surface area (Å²) in [5.74, 6) is -0.966. The van der Waals surface area contributed by atoms with Crippen molar-refractivity contribution in [3.05, 3.63) is 27.5 Å². The Balaban J connectivity index is 1.85. The molecule has 1 atom stereocenters. The number of nitriles is 1. The summed E-state index contributed by atoms with van der Waals surface area (Å²) >= 11 is 1.02. The molecule has 0 saturated heterocycles. The van der Waals surface area contributed by atoms with Gasteiger partial charge in [-0.25, -0.2) is 0 Å². The Labute approximate surface area is 162 Å². The van der Waals surface area contributed by atoms with Crippen LogP contribution in [0.2, 0.25) is 0 Å². The SMILES string of the molecule is Cc1cc(=O)[nH]c(SCC(=O)O[C@@H](C)C(=O)NC2CCCCCC2)c1C#N. The van der Waals surface area contributed by atoms with Crippen LogP contribution in [0.25, 0.3) is 0 Å². The minimum absolute atomic E-state index is 0.102. The number of aryl methyl sites for hydroxylation is 1. The zero-order valence-electron chi connectivity index (χ0n) is 15.7. The summed E-state index contributed by atoms with van der Waals surface area (Å²) in [5.41, 5.74) is 0.540. The molecule has 1 fully saturated rings. The van der Waals surface area contributed by atoms with Crippen LogP contribution in [-0.2, 0) is 14.3 Å². The molecule has 1 aliphatic rings. The Morgan fingerprint density at radius 1 is 1.37 bits per heavy atom. The topological polar surface area (TPSA) is 112 Å². The van der Waals surface area contributed by atoms with Crippen molar-refractivity contribution in [3.8, 4) is 6.07 Å². The maximum absolute atomic E-state index is 12.2. The molecule has 0 radical (unpaired) electrons. The molecule has 0 bridgehead atoms. The van der Waals surface area contributed by atoms with E-state index in [1.807, 2.05) is 6.07 Å². The molecule has 146 valence electrons. The van der Waals surface area contributed by atoms with Crippen LogP contribution in [0.4, 0.5) is 0 Å². The molecule has 0 spiro atoms. The van der Waals surface area contributed by atoms with Gasteiger partial charge < -0.3 is 15.0 Å². The first kappa shape index (κ1) is 21.0. The first-order valence-corrected chi connectivity index (χ1v) is 10.2. The van der Waals surface area contributed by atoms with Crippen molar-refractivity contribution in [1.29, 1.82) is 5.26 Å². The highest BCUT2D eigenvalue weighted by molar-refractivity contribution is 7.99. The quantitative estimate of drug-likeness (QED) is 0.437. The molecule has 2 N–H and O–H groups in total. The van der Waals surface area contributed by atoms with E-state index >= 15 is 0 Å². The van der Waals surface area contributed by atoms with Crippen LogP contribution in [0, 0.1) is 18.3 Å². The van der Waals surface area contributed by atoms with Gasteiger partial charge in [-0.15, -0.1) is 0 Å². The molecule has 2 rings (SSSR count). The van der Waals surface area contributed by atoms with E-state index in [0.717, 1.165) is 37.4 Å². The van der Waals surface area contributed by atoms with Crippen molar-refractivity contribution < 1.29 is 14.3 Å². The second-order valence-corrected chi connectivity index (χ2v) is 7.74. The van der Waals surface area contributed by atoms with E-state index < -0.39 is 12.1 Å². The van der Waals surface area contributed by atoms with Crippen LogP contribution >= 0.6 is 11.8 Å². The normalized spacial score (nSPS) is 16.0. The van der Waals surface area contributed by atoms with E-state index in [4.69, 9.17) is 4.74 Å². The summed E-state index contributed by atoms with van der Waals surface area (Å²) in [5, 5.41) is 12.5. The molecule has 1 aromatic rings. The van der Waals surface area contributed by atoms with Gasteiger partial charge >= 0.3 is 5.97 Å². The third-order valence-electron chi connectivity index (χ3n) is 4.53. The van der Waals surface area contributed by atoms with Gasteiger partial charge in [0.05, 0.1) is 16.3 Å². The van der Waals surface area contributed by atoms with Crippen molar-refractivity contribution in [2.24, 2.45) is 0 Å². The smallest absolute Gasteiger partial charge is 0.317 e. The van der Waals surface area contributed by atoms with Crippen molar-refractivity contribution in [2.75, 3.05) is 5.75 Å². The Hall–Kier alpha value is -2.27. The van der Waals surface area contributed by atoms with E-state index in [1.165, 1.54) is 18.9 Å². The molecule has 1 aliphatic carbocycles. The molecular weight excluding hydrogens is 366 g/mol. The highest BCUT2D eigenvalue weighted by Gasteiger charge is 2.22. The number of amides is 1. The molecule has 1 aromatic heterocycles. The van der Waals surface area contributed by atoms with Gasteiger partial charge in [0.1, 0.15) is 6.07 Å². The molecule has 0 unspecified atom stereocenters. The Morgan fingerprint density at radius 3 is 2.67 bits per heavy atom. The average molecular weight is 391 g/mol. The van der Waals surface area contributed by atoms with Crippen molar-refractivity contribution in [3.63, 3.8) is 0 Å². The predicted octanol–water partition coefficient (Wildman–Crippen LogP) is 2.42. The largest absolute Gasteiger partial charge is 0.452 e. The summed E-state index contributed by atoms with van der Waals surface area (Å²) in [6.45, 7) is 3.21. The van der Waals surface area contributed by atoms with E-state index in [1.54, 1.807) is 13.8 Å². The molecular formula is C19H25N3O4S. The Kier molecular flexibility index (Phi) is 7.92. The highest BCUT2D eigenvalue weighted by atomic mass is 32.2. The molecule has 0 aliphatic heterocycles. The van der Waals surface area contributed by atoms with Crippen LogP contribution in [-0.4, -0.2) is 34.8 Å². The minimum Gasteiger partial charge on any atom is -0.452 e.